The standard InChI is InChI=1S/C4H8O4S/c1-3-4(2)8-9(5,6)7/h3H,1-2H3,(H,5,6,7)/b4-3+. The van der Waals surface area contributed by atoms with Crippen molar-refractivity contribution >= 4 is 10.4 Å². The lowest BCUT2D eigenvalue weighted by atomic mass is 10.5. The summed E-state index contributed by atoms with van der Waals surface area (Å²) in [6, 6.07) is 0. The van der Waals surface area contributed by atoms with Gasteiger partial charge in [0.1, 0.15) is 5.76 Å². The maximum absolute atomic E-state index is 9.89. The van der Waals surface area contributed by atoms with Crippen molar-refractivity contribution in [1.29, 1.82) is 0 Å². The molecule has 0 aromatic heterocycles. The summed E-state index contributed by atoms with van der Waals surface area (Å²) in [7, 11) is -4.30. The van der Waals surface area contributed by atoms with E-state index >= 15 is 0 Å². The van der Waals surface area contributed by atoms with Crippen LogP contribution in [0.4, 0.5) is 0 Å². The van der Waals surface area contributed by atoms with Crippen LogP contribution in [0, 0.1) is 0 Å². The van der Waals surface area contributed by atoms with Gasteiger partial charge in [-0.05, 0) is 19.9 Å². The van der Waals surface area contributed by atoms with Crippen LogP contribution in [0.25, 0.3) is 0 Å². The van der Waals surface area contributed by atoms with Crippen molar-refractivity contribution in [2.75, 3.05) is 0 Å². The highest BCUT2D eigenvalue weighted by Gasteiger charge is 2.02. The monoisotopic (exact) mass is 152 g/mol. The van der Waals surface area contributed by atoms with E-state index in [9.17, 15) is 8.42 Å². The van der Waals surface area contributed by atoms with Gasteiger partial charge < -0.3 is 4.18 Å². The number of rotatable bonds is 2. The summed E-state index contributed by atoms with van der Waals surface area (Å²) in [5.41, 5.74) is 0. The molecule has 0 atom stereocenters. The molecule has 54 valence electrons. The van der Waals surface area contributed by atoms with Crippen LogP contribution in [0.5, 0.6) is 0 Å². The third-order valence-electron chi connectivity index (χ3n) is 0.643. The lowest BCUT2D eigenvalue weighted by Gasteiger charge is -1.97. The van der Waals surface area contributed by atoms with Crippen molar-refractivity contribution in [2.24, 2.45) is 0 Å². The maximum Gasteiger partial charge on any atom is 0.446 e. The second kappa shape index (κ2) is 2.84. The molecule has 9 heavy (non-hydrogen) atoms. The summed E-state index contributed by atoms with van der Waals surface area (Å²) >= 11 is 0. The van der Waals surface area contributed by atoms with Crippen molar-refractivity contribution < 1.29 is 17.2 Å². The van der Waals surface area contributed by atoms with Crippen LogP contribution in [0.1, 0.15) is 13.8 Å². The summed E-state index contributed by atoms with van der Waals surface area (Å²) < 4.78 is 31.8. The molecular weight excluding hydrogens is 144 g/mol. The second-order valence-electron chi connectivity index (χ2n) is 1.41. The highest BCUT2D eigenvalue weighted by molar-refractivity contribution is 7.81. The van der Waals surface area contributed by atoms with Gasteiger partial charge >= 0.3 is 10.4 Å². The Balaban J connectivity index is 4.07. The predicted molar refractivity (Wildman–Crippen MR) is 32.1 cm³/mol. The smallest absolute Gasteiger partial charge is 0.367 e. The van der Waals surface area contributed by atoms with Crippen LogP contribution in [0.15, 0.2) is 11.8 Å². The number of allylic oxidation sites excluding steroid dienone is 2. The second-order valence-corrected chi connectivity index (χ2v) is 2.43. The number of hydrogen-bond acceptors (Lipinski definition) is 3. The molecule has 0 aliphatic carbocycles. The predicted octanol–water partition coefficient (Wildman–Crippen LogP) is 0.730. The maximum atomic E-state index is 9.89. The molecule has 0 saturated heterocycles. The molecule has 0 spiro atoms. The van der Waals surface area contributed by atoms with Gasteiger partial charge in [0.15, 0.2) is 0 Å². The molecule has 0 aromatic rings. The zero-order chi connectivity index (χ0) is 7.49. The third-order valence-corrected chi connectivity index (χ3v) is 1.12. The van der Waals surface area contributed by atoms with Gasteiger partial charge in [-0.25, -0.2) is 0 Å². The van der Waals surface area contributed by atoms with E-state index in [2.05, 4.69) is 4.18 Å². The van der Waals surface area contributed by atoms with Gasteiger partial charge in [-0.2, -0.15) is 8.42 Å². The minimum Gasteiger partial charge on any atom is -0.367 e. The Kier molecular flexibility index (Phi) is 2.66. The molecule has 0 aliphatic rings. The Morgan fingerprint density at radius 2 is 2.11 bits per heavy atom. The minimum absolute atomic E-state index is 0.150. The summed E-state index contributed by atoms with van der Waals surface area (Å²) in [6.07, 6.45) is 1.42. The molecule has 0 aliphatic heterocycles. The van der Waals surface area contributed by atoms with Gasteiger partial charge in [0, 0.05) is 0 Å². The lowest BCUT2D eigenvalue weighted by molar-refractivity contribution is 0.333. The van der Waals surface area contributed by atoms with Crippen LogP contribution in [-0.4, -0.2) is 13.0 Å². The molecule has 0 fully saturated rings. The van der Waals surface area contributed by atoms with E-state index in [1.807, 2.05) is 0 Å². The Hall–Kier alpha value is -0.550. The molecule has 0 saturated carbocycles. The van der Waals surface area contributed by atoms with Gasteiger partial charge in [0.25, 0.3) is 0 Å². The van der Waals surface area contributed by atoms with E-state index in [1.54, 1.807) is 6.92 Å². The molecule has 0 bridgehead atoms. The molecule has 0 aromatic carbocycles. The topological polar surface area (TPSA) is 63.6 Å². The molecule has 0 rings (SSSR count). The number of hydrogen-bond donors (Lipinski definition) is 1. The zero-order valence-electron chi connectivity index (χ0n) is 5.16. The van der Waals surface area contributed by atoms with Crippen LogP contribution in [0.3, 0.4) is 0 Å². The van der Waals surface area contributed by atoms with E-state index in [-0.39, 0.29) is 5.76 Å². The van der Waals surface area contributed by atoms with Crippen LogP contribution < -0.4 is 0 Å². The van der Waals surface area contributed by atoms with E-state index in [1.165, 1.54) is 13.0 Å². The van der Waals surface area contributed by atoms with Gasteiger partial charge in [-0.15, -0.1) is 0 Å². The molecule has 0 amide bonds. The van der Waals surface area contributed by atoms with E-state index < -0.39 is 10.4 Å². The molecule has 0 heterocycles. The van der Waals surface area contributed by atoms with Crippen LogP contribution >= 0.6 is 0 Å². The molecule has 1 N–H and O–H groups in total. The summed E-state index contributed by atoms with van der Waals surface area (Å²) in [6.45, 7) is 3.02. The quantitative estimate of drug-likeness (QED) is 0.468. The highest BCUT2D eigenvalue weighted by atomic mass is 32.3. The fourth-order valence-corrected chi connectivity index (χ4v) is 0.643. The first-order valence-electron chi connectivity index (χ1n) is 2.25. The van der Waals surface area contributed by atoms with Gasteiger partial charge in [0.2, 0.25) is 0 Å². The fraction of sp³-hybridized carbons (Fsp3) is 0.500. The normalized spacial score (nSPS) is 13.4. The Bertz CT molecular complexity index is 201. The minimum atomic E-state index is -4.30. The summed E-state index contributed by atoms with van der Waals surface area (Å²) in [5.74, 6) is 0.150. The molecule has 0 unspecified atom stereocenters. The van der Waals surface area contributed by atoms with Crippen molar-refractivity contribution in [1.82, 2.24) is 0 Å². The van der Waals surface area contributed by atoms with Crippen molar-refractivity contribution in [2.45, 2.75) is 13.8 Å². The first-order valence-corrected chi connectivity index (χ1v) is 3.62. The average molecular weight is 152 g/mol. The van der Waals surface area contributed by atoms with E-state index in [0.29, 0.717) is 0 Å². The van der Waals surface area contributed by atoms with E-state index in [0.717, 1.165) is 0 Å². The Morgan fingerprint density at radius 3 is 2.22 bits per heavy atom. The zero-order valence-corrected chi connectivity index (χ0v) is 5.97. The SMILES string of the molecule is C/C=C(\C)OS(=O)(=O)O. The summed E-state index contributed by atoms with van der Waals surface area (Å²) in [4.78, 5) is 0. The van der Waals surface area contributed by atoms with Gasteiger partial charge in [0.05, 0.1) is 0 Å². The molecule has 5 heteroatoms. The van der Waals surface area contributed by atoms with Crippen molar-refractivity contribution in [3.63, 3.8) is 0 Å². The first-order chi connectivity index (χ1) is 3.95. The largest absolute Gasteiger partial charge is 0.446 e. The lowest BCUT2D eigenvalue weighted by Crippen LogP contribution is -2.00. The Morgan fingerprint density at radius 1 is 1.67 bits per heavy atom. The van der Waals surface area contributed by atoms with Crippen LogP contribution in [-0.2, 0) is 14.6 Å². The van der Waals surface area contributed by atoms with Gasteiger partial charge in [-0.3, -0.25) is 4.55 Å². The molecule has 4 nitrogen and oxygen atoms in total. The van der Waals surface area contributed by atoms with Gasteiger partial charge in [-0.1, -0.05) is 0 Å². The van der Waals surface area contributed by atoms with Crippen LogP contribution in [0.2, 0.25) is 0 Å². The van der Waals surface area contributed by atoms with Crippen molar-refractivity contribution in [3.8, 4) is 0 Å². The highest BCUT2D eigenvalue weighted by Crippen LogP contribution is 1.98. The fourth-order valence-electron chi connectivity index (χ4n) is 0.214. The third kappa shape index (κ3) is 5.32. The molecular formula is C4H8O4S. The molecule has 0 radical (unpaired) electrons. The average Bonchev–Trinajstić information content (AvgIpc) is 1.62. The Labute approximate surface area is 54.1 Å². The first kappa shape index (κ1) is 8.45. The van der Waals surface area contributed by atoms with Crippen molar-refractivity contribution in [3.05, 3.63) is 11.8 Å². The van der Waals surface area contributed by atoms with E-state index in [4.69, 9.17) is 4.55 Å². The summed E-state index contributed by atoms with van der Waals surface area (Å²) in [5, 5.41) is 0.